The van der Waals surface area contributed by atoms with E-state index in [-0.39, 0.29) is 0 Å². The van der Waals surface area contributed by atoms with Crippen molar-refractivity contribution in [2.75, 3.05) is 6.61 Å². The molecule has 0 spiro atoms. The zero-order valence-corrected chi connectivity index (χ0v) is 10.3. The summed E-state index contributed by atoms with van der Waals surface area (Å²) in [5.74, 6) is 0.677. The third-order valence-corrected chi connectivity index (χ3v) is 2.73. The molecule has 0 saturated carbocycles. The van der Waals surface area contributed by atoms with Gasteiger partial charge in [-0.05, 0) is 30.2 Å². The number of rotatable bonds is 5. The second kappa shape index (κ2) is 5.96. The second-order valence-corrected chi connectivity index (χ2v) is 4.07. The molecule has 2 rings (SSSR count). The maximum Gasteiger partial charge on any atom is 0.153 e. The molecule has 0 unspecified atom stereocenters. The lowest BCUT2D eigenvalue weighted by atomic mass is 10.1. The summed E-state index contributed by atoms with van der Waals surface area (Å²) in [4.78, 5) is 15.0. The maximum absolute atomic E-state index is 10.9. The third kappa shape index (κ3) is 2.94. The minimum atomic E-state index is 0.539. The van der Waals surface area contributed by atoms with E-state index in [1.807, 2.05) is 37.4 Å². The highest BCUT2D eigenvalue weighted by Gasteiger charge is 2.05. The number of ether oxygens (including phenoxy) is 1. The summed E-state index contributed by atoms with van der Waals surface area (Å²) < 4.78 is 5.70. The third-order valence-electron chi connectivity index (χ3n) is 2.73. The van der Waals surface area contributed by atoms with E-state index in [1.165, 1.54) is 0 Å². The maximum atomic E-state index is 10.9. The summed E-state index contributed by atoms with van der Waals surface area (Å²) >= 11 is 0. The van der Waals surface area contributed by atoms with Crippen molar-refractivity contribution in [1.82, 2.24) is 4.98 Å². The first-order valence-corrected chi connectivity index (χ1v) is 5.88. The molecule has 0 bridgehead atoms. The van der Waals surface area contributed by atoms with Crippen LogP contribution in [0.25, 0.3) is 0 Å². The van der Waals surface area contributed by atoms with E-state index in [1.54, 1.807) is 12.3 Å². The number of hydrogen-bond acceptors (Lipinski definition) is 3. The number of pyridine rings is 1. The highest BCUT2D eigenvalue weighted by molar-refractivity contribution is 5.80. The fourth-order valence-corrected chi connectivity index (χ4v) is 1.78. The molecule has 92 valence electrons. The zero-order valence-electron chi connectivity index (χ0n) is 10.3. The first kappa shape index (κ1) is 12.3. The second-order valence-electron chi connectivity index (χ2n) is 4.07. The van der Waals surface area contributed by atoms with Crippen LogP contribution in [-0.2, 0) is 6.42 Å². The Balaban J connectivity index is 2.00. The van der Waals surface area contributed by atoms with Gasteiger partial charge >= 0.3 is 0 Å². The van der Waals surface area contributed by atoms with E-state index in [0.29, 0.717) is 17.9 Å². The Morgan fingerprint density at radius 2 is 2.17 bits per heavy atom. The first-order valence-electron chi connectivity index (χ1n) is 5.88. The van der Waals surface area contributed by atoms with Gasteiger partial charge in [0.25, 0.3) is 0 Å². The number of aromatic nitrogens is 1. The number of aryl methyl sites for hydroxylation is 1. The Labute approximate surface area is 106 Å². The van der Waals surface area contributed by atoms with Crippen molar-refractivity contribution in [3.8, 4) is 5.75 Å². The Morgan fingerprint density at radius 1 is 1.28 bits per heavy atom. The zero-order chi connectivity index (χ0) is 12.8. The molecule has 0 fully saturated rings. The molecular formula is C15H15NO2. The molecule has 0 atom stereocenters. The van der Waals surface area contributed by atoms with Crippen LogP contribution in [0.1, 0.15) is 21.5 Å². The number of aldehydes is 1. The molecule has 0 N–H and O–H groups in total. The summed E-state index contributed by atoms with van der Waals surface area (Å²) in [6.07, 6.45) is 5.17. The van der Waals surface area contributed by atoms with E-state index < -0.39 is 0 Å². The lowest BCUT2D eigenvalue weighted by Gasteiger charge is -2.11. The molecule has 18 heavy (non-hydrogen) atoms. The van der Waals surface area contributed by atoms with Gasteiger partial charge in [0, 0.05) is 18.8 Å². The van der Waals surface area contributed by atoms with Crippen LogP contribution in [0.4, 0.5) is 0 Å². The Morgan fingerprint density at radius 3 is 2.89 bits per heavy atom. The Hall–Kier alpha value is -2.16. The van der Waals surface area contributed by atoms with Crippen molar-refractivity contribution < 1.29 is 9.53 Å². The lowest BCUT2D eigenvalue weighted by Crippen LogP contribution is -2.04. The molecule has 2 aromatic rings. The highest BCUT2D eigenvalue weighted by atomic mass is 16.5. The average Bonchev–Trinajstić information content (AvgIpc) is 2.41. The average molecular weight is 241 g/mol. The molecule has 1 heterocycles. The monoisotopic (exact) mass is 241 g/mol. The van der Waals surface area contributed by atoms with Crippen LogP contribution in [0, 0.1) is 6.92 Å². The summed E-state index contributed by atoms with van der Waals surface area (Å²) in [6, 6.07) is 9.47. The smallest absolute Gasteiger partial charge is 0.153 e. The van der Waals surface area contributed by atoms with Crippen LogP contribution >= 0.6 is 0 Å². The standard InChI is InChI=1S/C15H15NO2/c1-12-4-2-6-14(11-17)15(12)18-9-7-13-5-3-8-16-10-13/h2-6,8,10-11H,7,9H2,1H3. The molecule has 1 aromatic carbocycles. The highest BCUT2D eigenvalue weighted by Crippen LogP contribution is 2.21. The molecule has 0 aliphatic carbocycles. The van der Waals surface area contributed by atoms with E-state index in [4.69, 9.17) is 4.74 Å². The van der Waals surface area contributed by atoms with Crippen molar-refractivity contribution in [3.05, 3.63) is 59.4 Å². The molecule has 1 aromatic heterocycles. The van der Waals surface area contributed by atoms with E-state index in [9.17, 15) is 4.79 Å². The molecular weight excluding hydrogens is 226 g/mol. The first-order chi connectivity index (χ1) is 8.81. The van der Waals surface area contributed by atoms with Gasteiger partial charge in [0.15, 0.2) is 6.29 Å². The number of hydrogen-bond donors (Lipinski definition) is 0. The summed E-state index contributed by atoms with van der Waals surface area (Å²) in [5, 5.41) is 0. The molecule has 0 radical (unpaired) electrons. The van der Waals surface area contributed by atoms with Gasteiger partial charge in [-0.15, -0.1) is 0 Å². The van der Waals surface area contributed by atoms with Crippen molar-refractivity contribution in [2.24, 2.45) is 0 Å². The quantitative estimate of drug-likeness (QED) is 0.756. The molecule has 3 nitrogen and oxygen atoms in total. The van der Waals surface area contributed by atoms with Gasteiger partial charge < -0.3 is 4.74 Å². The predicted molar refractivity (Wildman–Crippen MR) is 70.0 cm³/mol. The van der Waals surface area contributed by atoms with Crippen LogP contribution < -0.4 is 4.74 Å². The molecule has 0 saturated heterocycles. The van der Waals surface area contributed by atoms with E-state index in [0.717, 1.165) is 23.8 Å². The fourth-order valence-electron chi connectivity index (χ4n) is 1.78. The van der Waals surface area contributed by atoms with E-state index in [2.05, 4.69) is 4.98 Å². The van der Waals surface area contributed by atoms with E-state index >= 15 is 0 Å². The van der Waals surface area contributed by atoms with Crippen LogP contribution in [0.5, 0.6) is 5.75 Å². The minimum absolute atomic E-state index is 0.539. The van der Waals surface area contributed by atoms with Gasteiger partial charge in [-0.25, -0.2) is 0 Å². The van der Waals surface area contributed by atoms with Crippen molar-refractivity contribution in [3.63, 3.8) is 0 Å². The van der Waals surface area contributed by atoms with Crippen LogP contribution in [0.3, 0.4) is 0 Å². The summed E-state index contributed by atoms with van der Waals surface area (Å²) in [7, 11) is 0. The lowest BCUT2D eigenvalue weighted by molar-refractivity contribution is 0.111. The van der Waals surface area contributed by atoms with Gasteiger partial charge in [-0.1, -0.05) is 18.2 Å². The van der Waals surface area contributed by atoms with Gasteiger partial charge in [0.1, 0.15) is 5.75 Å². The number of carbonyl (C=O) groups is 1. The van der Waals surface area contributed by atoms with Gasteiger partial charge in [-0.3, -0.25) is 9.78 Å². The van der Waals surface area contributed by atoms with Crippen LogP contribution in [-0.4, -0.2) is 17.9 Å². The Kier molecular flexibility index (Phi) is 4.07. The molecule has 3 heteroatoms. The summed E-state index contributed by atoms with van der Waals surface area (Å²) in [6.45, 7) is 2.48. The van der Waals surface area contributed by atoms with Gasteiger partial charge in [0.2, 0.25) is 0 Å². The number of benzene rings is 1. The topological polar surface area (TPSA) is 39.2 Å². The van der Waals surface area contributed by atoms with Crippen molar-refractivity contribution in [2.45, 2.75) is 13.3 Å². The Bertz CT molecular complexity index is 523. The fraction of sp³-hybridized carbons (Fsp3) is 0.200. The van der Waals surface area contributed by atoms with Crippen LogP contribution in [0.2, 0.25) is 0 Å². The number of para-hydroxylation sites is 1. The largest absolute Gasteiger partial charge is 0.492 e. The molecule has 0 amide bonds. The number of carbonyl (C=O) groups excluding carboxylic acids is 1. The van der Waals surface area contributed by atoms with Crippen molar-refractivity contribution >= 4 is 6.29 Å². The van der Waals surface area contributed by atoms with Crippen molar-refractivity contribution in [1.29, 1.82) is 0 Å². The molecule has 0 aliphatic rings. The normalized spacial score (nSPS) is 10.1. The van der Waals surface area contributed by atoms with Gasteiger partial charge in [-0.2, -0.15) is 0 Å². The molecule has 0 aliphatic heterocycles. The number of nitrogens with zero attached hydrogens (tertiary/aromatic N) is 1. The predicted octanol–water partition coefficient (Wildman–Crippen LogP) is 2.82. The summed E-state index contributed by atoms with van der Waals surface area (Å²) in [5.41, 5.74) is 2.70. The van der Waals surface area contributed by atoms with Gasteiger partial charge in [0.05, 0.1) is 12.2 Å². The van der Waals surface area contributed by atoms with Crippen LogP contribution in [0.15, 0.2) is 42.7 Å². The minimum Gasteiger partial charge on any atom is -0.492 e. The SMILES string of the molecule is Cc1cccc(C=O)c1OCCc1cccnc1.